The molecule has 2 fully saturated rings. The number of amides is 3. The lowest BCUT2D eigenvalue weighted by atomic mass is 10.3. The minimum atomic E-state index is 0.0920. The fraction of sp³-hybridized carbons (Fsp3) is 0.846. The van der Waals surface area contributed by atoms with Crippen molar-refractivity contribution in [3.05, 3.63) is 0 Å². The number of likely N-dealkylation sites (tertiary alicyclic amines) is 1. The molecule has 0 N–H and O–H groups in total. The average Bonchev–Trinajstić information content (AvgIpc) is 2.81. The number of piperazine rings is 1. The van der Waals surface area contributed by atoms with E-state index in [4.69, 9.17) is 0 Å². The standard InChI is InChI=1S/C13H24N4O2/c1-14(2)13(19)17-10-7-15(8-11-17)6-9-16-5-3-4-12(16)18/h3-11H2,1-2H3. The van der Waals surface area contributed by atoms with E-state index >= 15 is 0 Å². The first-order valence-corrected chi connectivity index (χ1v) is 7.04. The summed E-state index contributed by atoms with van der Waals surface area (Å²) in [4.78, 5) is 31.1. The predicted molar refractivity (Wildman–Crippen MR) is 72.9 cm³/mol. The molecule has 0 atom stereocenters. The molecular weight excluding hydrogens is 244 g/mol. The summed E-state index contributed by atoms with van der Waals surface area (Å²) in [6.07, 6.45) is 1.72. The summed E-state index contributed by atoms with van der Waals surface area (Å²) in [5.41, 5.74) is 0. The highest BCUT2D eigenvalue weighted by atomic mass is 16.2. The molecule has 0 saturated carbocycles. The molecule has 19 heavy (non-hydrogen) atoms. The second kappa shape index (κ2) is 6.23. The van der Waals surface area contributed by atoms with Crippen molar-refractivity contribution in [2.45, 2.75) is 12.8 Å². The van der Waals surface area contributed by atoms with Gasteiger partial charge in [0.15, 0.2) is 0 Å². The fourth-order valence-corrected chi connectivity index (χ4v) is 2.65. The summed E-state index contributed by atoms with van der Waals surface area (Å²) >= 11 is 0. The van der Waals surface area contributed by atoms with Crippen molar-refractivity contribution in [2.24, 2.45) is 0 Å². The molecule has 0 radical (unpaired) electrons. The van der Waals surface area contributed by atoms with Crippen molar-refractivity contribution >= 4 is 11.9 Å². The van der Waals surface area contributed by atoms with Crippen LogP contribution >= 0.6 is 0 Å². The Morgan fingerprint density at radius 2 is 1.79 bits per heavy atom. The van der Waals surface area contributed by atoms with Gasteiger partial charge in [0.2, 0.25) is 5.91 Å². The lowest BCUT2D eigenvalue weighted by Gasteiger charge is -2.36. The van der Waals surface area contributed by atoms with Crippen LogP contribution in [0.25, 0.3) is 0 Å². The van der Waals surface area contributed by atoms with Gasteiger partial charge in [0.05, 0.1) is 0 Å². The first-order valence-electron chi connectivity index (χ1n) is 7.04. The van der Waals surface area contributed by atoms with Crippen molar-refractivity contribution < 1.29 is 9.59 Å². The van der Waals surface area contributed by atoms with E-state index in [1.54, 1.807) is 19.0 Å². The molecule has 0 aromatic heterocycles. The van der Waals surface area contributed by atoms with Crippen LogP contribution in [0.15, 0.2) is 0 Å². The smallest absolute Gasteiger partial charge is 0.319 e. The third-order valence-corrected chi connectivity index (χ3v) is 3.88. The molecule has 6 nitrogen and oxygen atoms in total. The summed E-state index contributed by atoms with van der Waals surface area (Å²) in [6.45, 7) is 6.05. The Hall–Kier alpha value is -1.30. The summed E-state index contributed by atoms with van der Waals surface area (Å²) in [5, 5.41) is 0. The van der Waals surface area contributed by atoms with Crippen molar-refractivity contribution in [3.63, 3.8) is 0 Å². The molecule has 0 spiro atoms. The normalized spacial score (nSPS) is 21.1. The molecule has 2 heterocycles. The van der Waals surface area contributed by atoms with E-state index in [-0.39, 0.29) is 6.03 Å². The quantitative estimate of drug-likeness (QED) is 0.718. The lowest BCUT2D eigenvalue weighted by molar-refractivity contribution is -0.127. The Labute approximate surface area is 114 Å². The first kappa shape index (κ1) is 14.1. The van der Waals surface area contributed by atoms with Crippen LogP contribution in [0.1, 0.15) is 12.8 Å². The van der Waals surface area contributed by atoms with Crippen LogP contribution in [0, 0.1) is 0 Å². The third-order valence-electron chi connectivity index (χ3n) is 3.88. The van der Waals surface area contributed by atoms with Crippen LogP contribution in [0.5, 0.6) is 0 Å². The maximum absolute atomic E-state index is 11.8. The zero-order chi connectivity index (χ0) is 13.8. The average molecular weight is 268 g/mol. The highest BCUT2D eigenvalue weighted by Crippen LogP contribution is 2.10. The van der Waals surface area contributed by atoms with Crippen LogP contribution in [0.3, 0.4) is 0 Å². The Balaban J connectivity index is 1.69. The topological polar surface area (TPSA) is 47.1 Å². The van der Waals surface area contributed by atoms with Crippen LogP contribution < -0.4 is 0 Å². The van der Waals surface area contributed by atoms with Crippen molar-refractivity contribution in [3.8, 4) is 0 Å². The van der Waals surface area contributed by atoms with Crippen molar-refractivity contribution in [2.75, 3.05) is 59.9 Å². The van der Waals surface area contributed by atoms with Crippen LogP contribution in [0.2, 0.25) is 0 Å². The van der Waals surface area contributed by atoms with Crippen LogP contribution in [-0.2, 0) is 4.79 Å². The van der Waals surface area contributed by atoms with E-state index in [0.29, 0.717) is 12.3 Å². The Kier molecular flexibility index (Phi) is 4.63. The van der Waals surface area contributed by atoms with Gasteiger partial charge in [-0.3, -0.25) is 9.69 Å². The molecular formula is C13H24N4O2. The Morgan fingerprint density at radius 1 is 1.11 bits per heavy atom. The molecule has 2 rings (SSSR count). The Bertz CT molecular complexity index is 338. The minimum absolute atomic E-state index is 0.0920. The van der Waals surface area contributed by atoms with E-state index < -0.39 is 0 Å². The molecule has 2 aliphatic heterocycles. The number of hydrogen-bond acceptors (Lipinski definition) is 3. The zero-order valence-corrected chi connectivity index (χ0v) is 12.0. The van der Waals surface area contributed by atoms with Gasteiger partial charge < -0.3 is 14.7 Å². The second-order valence-electron chi connectivity index (χ2n) is 5.49. The summed E-state index contributed by atoms with van der Waals surface area (Å²) in [7, 11) is 3.57. The molecule has 0 aliphatic carbocycles. The highest BCUT2D eigenvalue weighted by molar-refractivity contribution is 5.78. The van der Waals surface area contributed by atoms with Crippen molar-refractivity contribution in [1.29, 1.82) is 0 Å². The van der Waals surface area contributed by atoms with Gasteiger partial charge in [0.1, 0.15) is 0 Å². The number of carbonyl (C=O) groups excluding carboxylic acids is 2. The lowest BCUT2D eigenvalue weighted by Crippen LogP contribution is -2.52. The molecule has 0 aromatic rings. The predicted octanol–water partition coefficient (Wildman–Crippen LogP) is -0.0920. The summed E-state index contributed by atoms with van der Waals surface area (Å²) in [6, 6.07) is 0.0920. The number of nitrogens with zero attached hydrogens (tertiary/aromatic N) is 4. The van der Waals surface area contributed by atoms with Gasteiger partial charge in [0, 0.05) is 66.3 Å². The van der Waals surface area contributed by atoms with Gasteiger partial charge in [-0.15, -0.1) is 0 Å². The van der Waals surface area contributed by atoms with Gasteiger partial charge in [-0.25, -0.2) is 4.79 Å². The van der Waals surface area contributed by atoms with E-state index in [1.807, 2.05) is 9.80 Å². The maximum Gasteiger partial charge on any atom is 0.319 e. The molecule has 6 heteroatoms. The van der Waals surface area contributed by atoms with E-state index in [0.717, 1.165) is 52.2 Å². The minimum Gasteiger partial charge on any atom is -0.341 e. The van der Waals surface area contributed by atoms with Gasteiger partial charge in [-0.1, -0.05) is 0 Å². The SMILES string of the molecule is CN(C)C(=O)N1CCN(CCN2CCCC2=O)CC1. The van der Waals surface area contributed by atoms with Crippen LogP contribution in [0.4, 0.5) is 4.79 Å². The molecule has 2 saturated heterocycles. The molecule has 108 valence electrons. The van der Waals surface area contributed by atoms with E-state index in [1.165, 1.54) is 0 Å². The van der Waals surface area contributed by atoms with Crippen molar-refractivity contribution in [1.82, 2.24) is 19.6 Å². The van der Waals surface area contributed by atoms with Gasteiger partial charge in [-0.05, 0) is 6.42 Å². The number of hydrogen-bond donors (Lipinski definition) is 0. The number of urea groups is 1. The van der Waals surface area contributed by atoms with E-state index in [9.17, 15) is 9.59 Å². The number of rotatable bonds is 3. The summed E-state index contributed by atoms with van der Waals surface area (Å²) < 4.78 is 0. The van der Waals surface area contributed by atoms with E-state index in [2.05, 4.69) is 4.90 Å². The molecule has 0 bridgehead atoms. The Morgan fingerprint density at radius 3 is 2.32 bits per heavy atom. The maximum atomic E-state index is 11.8. The second-order valence-corrected chi connectivity index (χ2v) is 5.49. The largest absolute Gasteiger partial charge is 0.341 e. The number of carbonyl (C=O) groups is 2. The molecule has 3 amide bonds. The first-order chi connectivity index (χ1) is 9.08. The molecule has 2 aliphatic rings. The van der Waals surface area contributed by atoms with Gasteiger partial charge in [0.25, 0.3) is 0 Å². The fourth-order valence-electron chi connectivity index (χ4n) is 2.65. The third kappa shape index (κ3) is 3.59. The highest BCUT2D eigenvalue weighted by Gasteiger charge is 2.24. The van der Waals surface area contributed by atoms with Crippen LogP contribution in [-0.4, -0.2) is 91.4 Å². The monoisotopic (exact) mass is 268 g/mol. The zero-order valence-electron chi connectivity index (χ0n) is 12.0. The van der Waals surface area contributed by atoms with Gasteiger partial charge >= 0.3 is 6.03 Å². The summed E-state index contributed by atoms with van der Waals surface area (Å²) in [5.74, 6) is 0.293. The molecule has 0 unspecified atom stereocenters. The molecule has 0 aromatic carbocycles. The van der Waals surface area contributed by atoms with Gasteiger partial charge in [-0.2, -0.15) is 0 Å².